The number of hydrogen-bond donors (Lipinski definition) is 2. The normalized spacial score (nSPS) is 9.96. The zero-order valence-electron chi connectivity index (χ0n) is 14.2. The summed E-state index contributed by atoms with van der Waals surface area (Å²) in [6, 6.07) is 17.0. The molecule has 0 radical (unpaired) electrons. The monoisotopic (exact) mass is 342 g/mol. The van der Waals surface area contributed by atoms with Crippen molar-refractivity contribution in [2.75, 3.05) is 19.7 Å². The van der Waals surface area contributed by atoms with Gasteiger partial charge in [-0.15, -0.1) is 0 Å². The van der Waals surface area contributed by atoms with Gasteiger partial charge in [0.15, 0.2) is 6.61 Å². The van der Waals surface area contributed by atoms with Gasteiger partial charge in [0.05, 0.1) is 0 Å². The molecule has 0 unspecified atom stereocenters. The number of carbonyl (C=O) groups excluding carboxylic acids is 2. The minimum atomic E-state index is -0.241. The van der Waals surface area contributed by atoms with Crippen molar-refractivity contribution in [2.45, 2.75) is 13.5 Å². The van der Waals surface area contributed by atoms with Crippen molar-refractivity contribution in [2.24, 2.45) is 0 Å². The van der Waals surface area contributed by atoms with Crippen molar-refractivity contribution < 1.29 is 19.1 Å². The third kappa shape index (κ3) is 7.39. The van der Waals surface area contributed by atoms with Crippen LogP contribution >= 0.6 is 0 Å². The molecule has 2 N–H and O–H groups in total. The fraction of sp³-hybridized carbons (Fsp3) is 0.263. The lowest BCUT2D eigenvalue weighted by atomic mass is 10.2. The van der Waals surface area contributed by atoms with Gasteiger partial charge >= 0.3 is 0 Å². The van der Waals surface area contributed by atoms with Crippen LogP contribution in [-0.2, 0) is 16.2 Å². The molecule has 0 spiro atoms. The SMILES string of the molecule is CC(=O)NCCNC(=O)COc1ccc(OCc2ccccc2)cc1. The third-order valence-electron chi connectivity index (χ3n) is 3.26. The van der Waals surface area contributed by atoms with E-state index in [2.05, 4.69) is 10.6 Å². The van der Waals surface area contributed by atoms with E-state index < -0.39 is 0 Å². The van der Waals surface area contributed by atoms with E-state index in [4.69, 9.17) is 9.47 Å². The molecule has 0 aromatic heterocycles. The van der Waals surface area contributed by atoms with Gasteiger partial charge in [0.2, 0.25) is 5.91 Å². The van der Waals surface area contributed by atoms with Crippen molar-refractivity contribution in [1.82, 2.24) is 10.6 Å². The highest BCUT2D eigenvalue weighted by Crippen LogP contribution is 2.18. The van der Waals surface area contributed by atoms with E-state index in [1.54, 1.807) is 24.3 Å². The van der Waals surface area contributed by atoms with Gasteiger partial charge in [-0.3, -0.25) is 9.59 Å². The minimum absolute atomic E-state index is 0.0791. The maximum absolute atomic E-state index is 11.6. The summed E-state index contributed by atoms with van der Waals surface area (Å²) in [4.78, 5) is 22.3. The minimum Gasteiger partial charge on any atom is -0.489 e. The largest absolute Gasteiger partial charge is 0.489 e. The summed E-state index contributed by atoms with van der Waals surface area (Å²) in [6.07, 6.45) is 0. The van der Waals surface area contributed by atoms with Crippen LogP contribution < -0.4 is 20.1 Å². The van der Waals surface area contributed by atoms with Gasteiger partial charge in [-0.05, 0) is 29.8 Å². The zero-order chi connectivity index (χ0) is 17.9. The Bertz CT molecular complexity index is 672. The molecular formula is C19H22N2O4. The Morgan fingerprint density at radius 1 is 0.840 bits per heavy atom. The van der Waals surface area contributed by atoms with Crippen molar-refractivity contribution in [3.05, 3.63) is 60.2 Å². The topological polar surface area (TPSA) is 76.7 Å². The fourth-order valence-electron chi connectivity index (χ4n) is 2.01. The molecule has 2 aromatic carbocycles. The second-order valence-electron chi connectivity index (χ2n) is 5.37. The number of ether oxygens (including phenoxy) is 2. The Hall–Kier alpha value is -3.02. The van der Waals surface area contributed by atoms with Gasteiger partial charge in [0.1, 0.15) is 18.1 Å². The summed E-state index contributed by atoms with van der Waals surface area (Å²) in [5, 5.41) is 5.25. The molecule has 0 saturated carbocycles. The first-order chi connectivity index (χ1) is 12.1. The molecule has 2 amide bonds. The van der Waals surface area contributed by atoms with E-state index in [9.17, 15) is 9.59 Å². The molecule has 6 nitrogen and oxygen atoms in total. The van der Waals surface area contributed by atoms with Gasteiger partial charge in [-0.25, -0.2) is 0 Å². The van der Waals surface area contributed by atoms with Crippen molar-refractivity contribution in [3.8, 4) is 11.5 Å². The highest BCUT2D eigenvalue weighted by Gasteiger charge is 2.03. The number of carbonyl (C=O) groups is 2. The highest BCUT2D eigenvalue weighted by atomic mass is 16.5. The lowest BCUT2D eigenvalue weighted by molar-refractivity contribution is -0.123. The van der Waals surface area contributed by atoms with Crippen molar-refractivity contribution in [3.63, 3.8) is 0 Å². The van der Waals surface area contributed by atoms with Crippen molar-refractivity contribution >= 4 is 11.8 Å². The third-order valence-corrected chi connectivity index (χ3v) is 3.26. The zero-order valence-corrected chi connectivity index (χ0v) is 14.2. The second-order valence-corrected chi connectivity index (χ2v) is 5.37. The molecular weight excluding hydrogens is 320 g/mol. The van der Waals surface area contributed by atoms with Gasteiger partial charge in [-0.1, -0.05) is 30.3 Å². The number of benzene rings is 2. The molecule has 2 aromatic rings. The van der Waals surface area contributed by atoms with Crippen LogP contribution in [0.5, 0.6) is 11.5 Å². The molecule has 0 atom stereocenters. The van der Waals surface area contributed by atoms with Gasteiger partial charge < -0.3 is 20.1 Å². The van der Waals surface area contributed by atoms with E-state index in [1.165, 1.54) is 6.92 Å². The predicted molar refractivity (Wildman–Crippen MR) is 94.4 cm³/mol. The molecule has 0 fully saturated rings. The maximum Gasteiger partial charge on any atom is 0.258 e. The van der Waals surface area contributed by atoms with E-state index >= 15 is 0 Å². The molecule has 0 aliphatic carbocycles. The predicted octanol–water partition coefficient (Wildman–Crippen LogP) is 1.90. The number of rotatable bonds is 9. The van der Waals surface area contributed by atoms with Crippen LogP contribution in [0.2, 0.25) is 0 Å². The Morgan fingerprint density at radius 2 is 1.44 bits per heavy atom. The summed E-state index contributed by atoms with van der Waals surface area (Å²) in [5.74, 6) is 0.954. The maximum atomic E-state index is 11.6. The summed E-state index contributed by atoms with van der Waals surface area (Å²) >= 11 is 0. The summed E-state index contributed by atoms with van der Waals surface area (Å²) in [5.41, 5.74) is 1.10. The molecule has 0 heterocycles. The Labute approximate surface area is 147 Å². The number of nitrogens with one attached hydrogen (secondary N) is 2. The van der Waals surface area contributed by atoms with Crippen LogP contribution in [0.15, 0.2) is 54.6 Å². The van der Waals surface area contributed by atoms with Gasteiger partial charge in [-0.2, -0.15) is 0 Å². The summed E-state index contributed by atoms with van der Waals surface area (Å²) < 4.78 is 11.1. The summed E-state index contributed by atoms with van der Waals surface area (Å²) in [6.45, 7) is 2.61. The van der Waals surface area contributed by atoms with Crippen LogP contribution in [0.25, 0.3) is 0 Å². The summed E-state index contributed by atoms with van der Waals surface area (Å²) in [7, 11) is 0. The molecule has 0 bridgehead atoms. The van der Waals surface area contributed by atoms with Crippen molar-refractivity contribution in [1.29, 1.82) is 0 Å². The molecule has 0 aliphatic rings. The quantitative estimate of drug-likeness (QED) is 0.683. The van der Waals surface area contributed by atoms with E-state index in [-0.39, 0.29) is 18.4 Å². The van der Waals surface area contributed by atoms with Gasteiger partial charge in [0.25, 0.3) is 5.91 Å². The number of hydrogen-bond acceptors (Lipinski definition) is 4. The molecule has 25 heavy (non-hydrogen) atoms. The Morgan fingerprint density at radius 3 is 2.08 bits per heavy atom. The smallest absolute Gasteiger partial charge is 0.258 e. The second kappa shape index (κ2) is 9.97. The lowest BCUT2D eigenvalue weighted by Gasteiger charge is -2.09. The average molecular weight is 342 g/mol. The number of amides is 2. The van der Waals surface area contributed by atoms with E-state index in [1.807, 2.05) is 30.3 Å². The molecule has 0 saturated heterocycles. The van der Waals surface area contributed by atoms with Crippen LogP contribution in [0.1, 0.15) is 12.5 Å². The lowest BCUT2D eigenvalue weighted by Crippen LogP contribution is -2.36. The Balaban J connectivity index is 1.67. The molecule has 0 aliphatic heterocycles. The molecule has 6 heteroatoms. The van der Waals surface area contributed by atoms with E-state index in [0.29, 0.717) is 25.4 Å². The molecule has 132 valence electrons. The van der Waals surface area contributed by atoms with E-state index in [0.717, 1.165) is 11.3 Å². The average Bonchev–Trinajstić information content (AvgIpc) is 2.63. The Kier molecular flexibility index (Phi) is 7.31. The first-order valence-electron chi connectivity index (χ1n) is 8.04. The first kappa shape index (κ1) is 18.3. The highest BCUT2D eigenvalue weighted by molar-refractivity contribution is 5.77. The molecule has 2 rings (SSSR count). The van der Waals surface area contributed by atoms with Crippen LogP contribution in [0.4, 0.5) is 0 Å². The van der Waals surface area contributed by atoms with Crippen LogP contribution in [0.3, 0.4) is 0 Å². The van der Waals surface area contributed by atoms with Crippen LogP contribution in [-0.4, -0.2) is 31.5 Å². The van der Waals surface area contributed by atoms with Crippen LogP contribution in [0, 0.1) is 0 Å². The first-order valence-corrected chi connectivity index (χ1v) is 8.04. The van der Waals surface area contributed by atoms with Gasteiger partial charge in [0, 0.05) is 20.0 Å². The standard InChI is InChI=1S/C19H22N2O4/c1-15(22)20-11-12-21-19(23)14-25-18-9-7-17(8-10-18)24-13-16-5-3-2-4-6-16/h2-10H,11-14H2,1H3,(H,20,22)(H,21,23). The fourth-order valence-corrected chi connectivity index (χ4v) is 2.01.